The third-order valence-corrected chi connectivity index (χ3v) is 5.14. The van der Waals surface area contributed by atoms with Crippen molar-refractivity contribution in [2.45, 2.75) is 32.5 Å². The van der Waals surface area contributed by atoms with E-state index >= 15 is 0 Å². The summed E-state index contributed by atoms with van der Waals surface area (Å²) in [7, 11) is 0. The van der Waals surface area contributed by atoms with E-state index in [2.05, 4.69) is 15.5 Å². The molecule has 12 heteroatoms. The van der Waals surface area contributed by atoms with E-state index in [1.807, 2.05) is 0 Å². The Labute approximate surface area is 179 Å². The van der Waals surface area contributed by atoms with Gasteiger partial charge in [0.1, 0.15) is 11.9 Å². The number of hydrogen-bond acceptors (Lipinski definition) is 4. The summed E-state index contributed by atoms with van der Waals surface area (Å²) in [5.41, 5.74) is -0.00186. The van der Waals surface area contributed by atoms with Gasteiger partial charge in [0.15, 0.2) is 5.69 Å². The Morgan fingerprint density at radius 3 is 2.42 bits per heavy atom. The van der Waals surface area contributed by atoms with Crippen LogP contribution in [0.25, 0.3) is 5.69 Å². The Morgan fingerprint density at radius 1 is 1.23 bits per heavy atom. The molecule has 0 radical (unpaired) electrons. The number of hydrogen-bond donors (Lipinski definition) is 2. The summed E-state index contributed by atoms with van der Waals surface area (Å²) in [4.78, 5) is 12.9. The largest absolute Gasteiger partial charge is 0.436 e. The van der Waals surface area contributed by atoms with Crippen molar-refractivity contribution in [3.8, 4) is 5.69 Å². The van der Waals surface area contributed by atoms with Gasteiger partial charge in [-0.2, -0.15) is 23.4 Å². The molecule has 2 aromatic heterocycles. The Balaban J connectivity index is 1.90. The highest BCUT2D eigenvalue weighted by atomic mass is 35.5. The van der Waals surface area contributed by atoms with Crippen molar-refractivity contribution < 1.29 is 27.5 Å². The molecule has 166 valence electrons. The lowest BCUT2D eigenvalue weighted by molar-refractivity contribution is -0.141. The smallest absolute Gasteiger partial charge is 0.396 e. The maximum atomic E-state index is 13.1. The standard InChI is InChI=1S/C19H18ClF4N5O2/c1-10-14(9-25-28(10)13-5-3-12(21)4-6-13)26-18(31)15(7-8-30)29-11(2)16(20)17(27-29)19(22,23)24/h3-6,9,15,30H,7-8H2,1-2H3,(H,26,31). The van der Waals surface area contributed by atoms with Crippen molar-refractivity contribution in [3.63, 3.8) is 0 Å². The molecule has 3 aromatic rings. The van der Waals surface area contributed by atoms with Crippen molar-refractivity contribution in [2.75, 3.05) is 11.9 Å². The number of amides is 1. The van der Waals surface area contributed by atoms with Gasteiger partial charge in [-0.25, -0.2) is 9.07 Å². The van der Waals surface area contributed by atoms with Gasteiger partial charge < -0.3 is 10.4 Å². The van der Waals surface area contributed by atoms with Crippen molar-refractivity contribution in [1.82, 2.24) is 19.6 Å². The third-order valence-electron chi connectivity index (χ3n) is 4.68. The maximum absolute atomic E-state index is 13.1. The van der Waals surface area contributed by atoms with Crippen LogP contribution in [-0.2, 0) is 11.0 Å². The van der Waals surface area contributed by atoms with Crippen molar-refractivity contribution in [1.29, 1.82) is 0 Å². The minimum atomic E-state index is -4.79. The normalized spacial score (nSPS) is 12.8. The number of aromatic nitrogens is 4. The molecule has 1 atom stereocenters. The number of anilines is 1. The van der Waals surface area contributed by atoms with E-state index in [0.717, 1.165) is 4.68 Å². The summed E-state index contributed by atoms with van der Waals surface area (Å²) in [6.07, 6.45) is -3.62. The fourth-order valence-corrected chi connectivity index (χ4v) is 3.29. The molecular formula is C19H18ClF4N5O2. The Bertz CT molecular complexity index is 1090. The number of aliphatic hydroxyl groups is 1. The number of carbonyl (C=O) groups is 1. The Hall–Kier alpha value is -2.92. The molecule has 0 saturated heterocycles. The minimum Gasteiger partial charge on any atom is -0.396 e. The SMILES string of the molecule is Cc1c(NC(=O)C(CCO)n2nc(C(F)(F)F)c(Cl)c2C)cnn1-c1ccc(F)cc1. The highest BCUT2D eigenvalue weighted by Gasteiger charge is 2.39. The number of alkyl halides is 3. The predicted molar refractivity (Wildman–Crippen MR) is 105 cm³/mol. The second kappa shape index (κ2) is 8.67. The van der Waals surface area contributed by atoms with Crippen LogP contribution in [0.5, 0.6) is 0 Å². The number of halogens is 5. The maximum Gasteiger partial charge on any atom is 0.436 e. The second-order valence-electron chi connectivity index (χ2n) is 6.74. The van der Waals surface area contributed by atoms with Gasteiger partial charge in [-0.3, -0.25) is 9.48 Å². The summed E-state index contributed by atoms with van der Waals surface area (Å²) >= 11 is 5.78. The molecule has 0 fully saturated rings. The van der Waals surface area contributed by atoms with Gasteiger partial charge in [-0.05, 0) is 38.1 Å². The average molecular weight is 460 g/mol. The molecule has 0 bridgehead atoms. The van der Waals surface area contributed by atoms with Crippen LogP contribution in [0.1, 0.15) is 29.5 Å². The average Bonchev–Trinajstić information content (AvgIpc) is 3.21. The first-order chi connectivity index (χ1) is 14.5. The monoisotopic (exact) mass is 459 g/mol. The van der Waals surface area contributed by atoms with Crippen LogP contribution >= 0.6 is 11.6 Å². The molecule has 7 nitrogen and oxygen atoms in total. The molecule has 0 aliphatic rings. The van der Waals surface area contributed by atoms with E-state index in [-0.39, 0.29) is 12.1 Å². The highest BCUT2D eigenvalue weighted by Crippen LogP contribution is 2.36. The lowest BCUT2D eigenvalue weighted by Crippen LogP contribution is -2.29. The highest BCUT2D eigenvalue weighted by molar-refractivity contribution is 6.32. The molecule has 1 amide bonds. The summed E-state index contributed by atoms with van der Waals surface area (Å²) in [6.45, 7) is 2.50. The fourth-order valence-electron chi connectivity index (χ4n) is 3.06. The number of carbonyl (C=O) groups excluding carboxylic acids is 1. The fraction of sp³-hybridized carbons (Fsp3) is 0.316. The first kappa shape index (κ1) is 22.8. The number of nitrogens with one attached hydrogen (secondary N) is 1. The van der Waals surface area contributed by atoms with Gasteiger partial charge in [0, 0.05) is 13.0 Å². The quantitative estimate of drug-likeness (QED) is 0.544. The van der Waals surface area contributed by atoms with Crippen LogP contribution in [-0.4, -0.2) is 37.2 Å². The molecule has 3 rings (SSSR count). The summed E-state index contributed by atoms with van der Waals surface area (Å²) in [5, 5.41) is 19.0. The number of aliphatic hydroxyl groups excluding tert-OH is 1. The zero-order valence-corrected chi connectivity index (χ0v) is 17.2. The lowest BCUT2D eigenvalue weighted by Gasteiger charge is -2.18. The molecule has 0 aliphatic heterocycles. The minimum absolute atomic E-state index is 0.0543. The summed E-state index contributed by atoms with van der Waals surface area (Å²) < 4.78 is 54.9. The van der Waals surface area contributed by atoms with Crippen LogP contribution in [0, 0.1) is 19.7 Å². The van der Waals surface area contributed by atoms with Gasteiger partial charge in [-0.1, -0.05) is 11.6 Å². The molecule has 0 aliphatic carbocycles. The first-order valence-electron chi connectivity index (χ1n) is 9.08. The van der Waals surface area contributed by atoms with Crippen LogP contribution in [0.4, 0.5) is 23.2 Å². The van der Waals surface area contributed by atoms with Crippen molar-refractivity contribution in [2.24, 2.45) is 0 Å². The van der Waals surface area contributed by atoms with Gasteiger partial charge >= 0.3 is 6.18 Å². The summed E-state index contributed by atoms with van der Waals surface area (Å²) in [6, 6.07) is 4.28. The Kier molecular flexibility index (Phi) is 6.37. The van der Waals surface area contributed by atoms with E-state index in [4.69, 9.17) is 11.6 Å². The first-order valence-corrected chi connectivity index (χ1v) is 9.46. The van der Waals surface area contributed by atoms with E-state index < -0.39 is 41.3 Å². The second-order valence-corrected chi connectivity index (χ2v) is 7.12. The van der Waals surface area contributed by atoms with E-state index in [1.54, 1.807) is 6.92 Å². The molecule has 1 unspecified atom stereocenters. The molecular weight excluding hydrogens is 442 g/mol. The predicted octanol–water partition coefficient (Wildman–Crippen LogP) is 4.06. The zero-order chi connectivity index (χ0) is 22.9. The number of nitrogens with zero attached hydrogens (tertiary/aromatic N) is 4. The number of rotatable bonds is 6. The van der Waals surface area contributed by atoms with Crippen LogP contribution in [0.3, 0.4) is 0 Å². The van der Waals surface area contributed by atoms with E-state index in [0.29, 0.717) is 17.1 Å². The lowest BCUT2D eigenvalue weighted by atomic mass is 10.2. The van der Waals surface area contributed by atoms with Gasteiger partial charge in [0.05, 0.1) is 34.0 Å². The molecule has 2 N–H and O–H groups in total. The van der Waals surface area contributed by atoms with Crippen LogP contribution in [0.15, 0.2) is 30.5 Å². The van der Waals surface area contributed by atoms with E-state index in [1.165, 1.54) is 42.1 Å². The molecule has 1 aromatic carbocycles. The topological polar surface area (TPSA) is 85.0 Å². The molecule has 31 heavy (non-hydrogen) atoms. The molecule has 2 heterocycles. The van der Waals surface area contributed by atoms with Crippen molar-refractivity contribution in [3.05, 3.63) is 58.4 Å². The molecule has 0 saturated carbocycles. The van der Waals surface area contributed by atoms with Gasteiger partial charge in [0.25, 0.3) is 0 Å². The van der Waals surface area contributed by atoms with Gasteiger partial charge in [0.2, 0.25) is 5.91 Å². The van der Waals surface area contributed by atoms with Crippen molar-refractivity contribution >= 4 is 23.2 Å². The third kappa shape index (κ3) is 4.57. The zero-order valence-electron chi connectivity index (χ0n) is 16.4. The van der Waals surface area contributed by atoms with Crippen LogP contribution < -0.4 is 5.32 Å². The Morgan fingerprint density at radius 2 is 1.87 bits per heavy atom. The number of benzene rings is 1. The van der Waals surface area contributed by atoms with E-state index in [9.17, 15) is 27.5 Å². The molecule has 0 spiro atoms. The van der Waals surface area contributed by atoms with Crippen LogP contribution in [0.2, 0.25) is 5.02 Å². The van der Waals surface area contributed by atoms with Gasteiger partial charge in [-0.15, -0.1) is 0 Å². The summed E-state index contributed by atoms with van der Waals surface area (Å²) in [5.74, 6) is -1.12.